The van der Waals surface area contributed by atoms with E-state index in [1.54, 1.807) is 6.07 Å². The zero-order valence-electron chi connectivity index (χ0n) is 15.8. The minimum atomic E-state index is -4.72. The van der Waals surface area contributed by atoms with E-state index < -0.39 is 17.6 Å². The second-order valence-corrected chi connectivity index (χ2v) is 6.63. The van der Waals surface area contributed by atoms with Crippen molar-refractivity contribution in [2.24, 2.45) is 5.73 Å². The Labute approximate surface area is 171 Å². The third-order valence-electron chi connectivity index (χ3n) is 4.19. The molecule has 0 aromatic heterocycles. The Hall–Kier alpha value is -2.76. The lowest BCUT2D eigenvalue weighted by Gasteiger charge is -2.19. The standard InChI is InChI=1S/C20H19ClF3N3O2/c1-11-6-12(10-26)7-15(20(22,23)24)18(11)13-8-14(19(28)27-2)17(9-16(13)21)29-5-3-4-25/h6-9H,3-5,25H2,1-2H3,(H,27,28). The lowest BCUT2D eigenvalue weighted by Crippen LogP contribution is -2.20. The number of halogens is 4. The number of hydrogen-bond acceptors (Lipinski definition) is 4. The number of alkyl halides is 3. The van der Waals surface area contributed by atoms with Crippen molar-refractivity contribution in [3.05, 3.63) is 51.5 Å². The summed E-state index contributed by atoms with van der Waals surface area (Å²) in [6.07, 6.45) is -4.20. The molecule has 0 spiro atoms. The van der Waals surface area contributed by atoms with E-state index in [0.717, 1.165) is 6.07 Å². The molecule has 154 valence electrons. The molecule has 2 aromatic rings. The summed E-state index contributed by atoms with van der Waals surface area (Å²) in [6.45, 7) is 2.05. The molecule has 2 rings (SSSR count). The van der Waals surface area contributed by atoms with Gasteiger partial charge >= 0.3 is 6.18 Å². The van der Waals surface area contributed by atoms with Gasteiger partial charge in [-0.3, -0.25) is 4.79 Å². The third kappa shape index (κ3) is 5.00. The van der Waals surface area contributed by atoms with Gasteiger partial charge in [0.2, 0.25) is 0 Å². The molecule has 0 aliphatic rings. The number of benzene rings is 2. The summed E-state index contributed by atoms with van der Waals surface area (Å²) in [4.78, 5) is 12.3. The van der Waals surface area contributed by atoms with Crippen molar-refractivity contribution in [3.8, 4) is 22.9 Å². The monoisotopic (exact) mass is 425 g/mol. The normalized spacial score (nSPS) is 11.1. The first-order chi connectivity index (χ1) is 13.6. The van der Waals surface area contributed by atoms with Gasteiger partial charge in [0.15, 0.2) is 0 Å². The summed E-state index contributed by atoms with van der Waals surface area (Å²) < 4.78 is 46.7. The van der Waals surface area contributed by atoms with Crippen molar-refractivity contribution in [2.75, 3.05) is 20.2 Å². The summed E-state index contributed by atoms with van der Waals surface area (Å²) in [5, 5.41) is 11.5. The number of aryl methyl sites for hydroxylation is 1. The van der Waals surface area contributed by atoms with Gasteiger partial charge in [-0.25, -0.2) is 0 Å². The molecule has 0 atom stereocenters. The molecule has 0 saturated heterocycles. The van der Waals surface area contributed by atoms with Gasteiger partial charge in [0.1, 0.15) is 5.75 Å². The number of nitrogens with one attached hydrogen (secondary N) is 1. The second kappa shape index (κ2) is 9.16. The van der Waals surface area contributed by atoms with Crippen LogP contribution in [-0.2, 0) is 6.18 Å². The van der Waals surface area contributed by atoms with Crippen LogP contribution in [0.25, 0.3) is 11.1 Å². The molecule has 5 nitrogen and oxygen atoms in total. The van der Waals surface area contributed by atoms with Gasteiger partial charge in [0, 0.05) is 18.7 Å². The van der Waals surface area contributed by atoms with Gasteiger partial charge in [0.05, 0.1) is 34.4 Å². The molecule has 0 bridgehead atoms. The number of nitrogens with two attached hydrogens (primary N) is 1. The minimum absolute atomic E-state index is 0.0151. The Kier molecular flexibility index (Phi) is 7.11. The predicted molar refractivity (Wildman–Crippen MR) is 104 cm³/mol. The highest BCUT2D eigenvalue weighted by molar-refractivity contribution is 6.34. The molecule has 0 unspecified atom stereocenters. The van der Waals surface area contributed by atoms with Crippen LogP contribution in [0.15, 0.2) is 24.3 Å². The lowest BCUT2D eigenvalue weighted by molar-refractivity contribution is -0.137. The van der Waals surface area contributed by atoms with E-state index in [-0.39, 0.29) is 45.2 Å². The Morgan fingerprint density at radius 1 is 1.31 bits per heavy atom. The van der Waals surface area contributed by atoms with Crippen molar-refractivity contribution in [3.63, 3.8) is 0 Å². The maximum absolute atomic E-state index is 13.7. The first-order valence-electron chi connectivity index (χ1n) is 8.64. The van der Waals surface area contributed by atoms with E-state index in [4.69, 9.17) is 27.3 Å². The molecular weight excluding hydrogens is 407 g/mol. The predicted octanol–water partition coefficient (Wildman–Crippen LogP) is 4.29. The van der Waals surface area contributed by atoms with Gasteiger partial charge in [-0.15, -0.1) is 0 Å². The average Bonchev–Trinajstić information content (AvgIpc) is 2.66. The van der Waals surface area contributed by atoms with Gasteiger partial charge < -0.3 is 15.8 Å². The summed E-state index contributed by atoms with van der Waals surface area (Å²) >= 11 is 6.30. The average molecular weight is 426 g/mol. The van der Waals surface area contributed by atoms with Crippen LogP contribution >= 0.6 is 11.6 Å². The fourth-order valence-corrected chi connectivity index (χ4v) is 3.12. The Morgan fingerprint density at radius 3 is 2.55 bits per heavy atom. The Bertz CT molecular complexity index is 969. The van der Waals surface area contributed by atoms with Gasteiger partial charge in [-0.1, -0.05) is 11.6 Å². The summed E-state index contributed by atoms with van der Waals surface area (Å²) in [7, 11) is 1.40. The molecule has 0 saturated carbocycles. The highest BCUT2D eigenvalue weighted by Crippen LogP contribution is 2.43. The Balaban J connectivity index is 2.75. The highest BCUT2D eigenvalue weighted by atomic mass is 35.5. The number of rotatable bonds is 6. The quantitative estimate of drug-likeness (QED) is 0.675. The molecule has 29 heavy (non-hydrogen) atoms. The third-order valence-corrected chi connectivity index (χ3v) is 4.50. The highest BCUT2D eigenvalue weighted by Gasteiger charge is 2.36. The fourth-order valence-electron chi connectivity index (χ4n) is 2.88. The van der Waals surface area contributed by atoms with Crippen LogP contribution in [0, 0.1) is 18.3 Å². The summed E-state index contributed by atoms with van der Waals surface area (Å²) in [6, 6.07) is 6.41. The molecule has 0 aliphatic carbocycles. The molecule has 0 radical (unpaired) electrons. The maximum Gasteiger partial charge on any atom is 0.417 e. The van der Waals surface area contributed by atoms with E-state index in [2.05, 4.69) is 5.32 Å². The smallest absolute Gasteiger partial charge is 0.417 e. The summed E-state index contributed by atoms with van der Waals surface area (Å²) in [5.41, 5.74) is 4.38. The topological polar surface area (TPSA) is 88.1 Å². The number of hydrogen-bond donors (Lipinski definition) is 2. The van der Waals surface area contributed by atoms with Crippen molar-refractivity contribution in [1.29, 1.82) is 5.26 Å². The molecule has 9 heteroatoms. The molecule has 0 fully saturated rings. The van der Waals surface area contributed by atoms with Gasteiger partial charge in [-0.2, -0.15) is 18.4 Å². The van der Waals surface area contributed by atoms with Crippen LogP contribution < -0.4 is 15.8 Å². The minimum Gasteiger partial charge on any atom is -0.493 e. The SMILES string of the molecule is CNC(=O)c1cc(-c2c(C)cc(C#N)cc2C(F)(F)F)c(Cl)cc1OCCCN. The molecule has 0 heterocycles. The van der Waals surface area contributed by atoms with E-state index in [9.17, 15) is 18.0 Å². The van der Waals surface area contributed by atoms with Crippen LogP contribution in [0.2, 0.25) is 5.02 Å². The first kappa shape index (κ1) is 22.5. The molecule has 3 N–H and O–H groups in total. The van der Waals surface area contributed by atoms with E-state index in [0.29, 0.717) is 13.0 Å². The van der Waals surface area contributed by atoms with Crippen molar-refractivity contribution in [2.45, 2.75) is 19.5 Å². The van der Waals surface area contributed by atoms with E-state index in [1.807, 2.05) is 0 Å². The number of amides is 1. The summed E-state index contributed by atoms with van der Waals surface area (Å²) in [5.74, 6) is -0.392. The number of nitrogens with zero attached hydrogens (tertiary/aromatic N) is 1. The van der Waals surface area contributed by atoms with E-state index in [1.165, 1.54) is 32.2 Å². The van der Waals surface area contributed by atoms with Crippen molar-refractivity contribution in [1.82, 2.24) is 5.32 Å². The fraction of sp³-hybridized carbons (Fsp3) is 0.300. The number of nitriles is 1. The molecule has 0 aliphatic heterocycles. The zero-order valence-corrected chi connectivity index (χ0v) is 16.5. The maximum atomic E-state index is 13.7. The van der Waals surface area contributed by atoms with E-state index >= 15 is 0 Å². The number of ether oxygens (including phenoxy) is 1. The van der Waals surface area contributed by atoms with Crippen LogP contribution in [0.1, 0.15) is 33.5 Å². The van der Waals surface area contributed by atoms with Crippen LogP contribution in [0.3, 0.4) is 0 Å². The Morgan fingerprint density at radius 2 is 2.00 bits per heavy atom. The molecular formula is C20H19ClF3N3O2. The van der Waals surface area contributed by atoms with Crippen LogP contribution in [-0.4, -0.2) is 26.1 Å². The largest absolute Gasteiger partial charge is 0.493 e. The van der Waals surface area contributed by atoms with Crippen LogP contribution in [0.5, 0.6) is 5.75 Å². The van der Waals surface area contributed by atoms with Gasteiger partial charge in [-0.05, 0) is 49.2 Å². The lowest BCUT2D eigenvalue weighted by atomic mass is 9.91. The first-order valence-corrected chi connectivity index (χ1v) is 9.02. The zero-order chi connectivity index (χ0) is 21.8. The van der Waals surface area contributed by atoms with Crippen LogP contribution in [0.4, 0.5) is 13.2 Å². The van der Waals surface area contributed by atoms with Crippen molar-refractivity contribution >= 4 is 17.5 Å². The molecule has 1 amide bonds. The number of carbonyl (C=O) groups excluding carboxylic acids is 1. The van der Waals surface area contributed by atoms with Crippen molar-refractivity contribution < 1.29 is 22.7 Å². The van der Waals surface area contributed by atoms with Gasteiger partial charge in [0.25, 0.3) is 5.91 Å². The second-order valence-electron chi connectivity index (χ2n) is 6.22. The molecule has 2 aromatic carbocycles. The number of carbonyl (C=O) groups is 1.